The van der Waals surface area contributed by atoms with E-state index < -0.39 is 23.5 Å². The van der Waals surface area contributed by atoms with Crippen molar-refractivity contribution in [1.82, 2.24) is 14.9 Å². The van der Waals surface area contributed by atoms with Gasteiger partial charge in [-0.3, -0.25) is 9.59 Å². The molecule has 8 heteroatoms. The molecule has 1 N–H and O–H groups in total. The van der Waals surface area contributed by atoms with Gasteiger partial charge in [0.05, 0.1) is 31.0 Å². The van der Waals surface area contributed by atoms with E-state index in [1.54, 1.807) is 42.2 Å². The molecule has 4 atom stereocenters. The molecule has 4 heterocycles. The van der Waals surface area contributed by atoms with Crippen LogP contribution in [0.2, 0.25) is 0 Å². The average molecular weight is 396 g/mol. The van der Waals surface area contributed by atoms with Crippen LogP contribution in [0.5, 0.6) is 0 Å². The van der Waals surface area contributed by atoms with Gasteiger partial charge in [0, 0.05) is 25.1 Å². The van der Waals surface area contributed by atoms with Crippen LogP contribution < -0.4 is 4.90 Å². The van der Waals surface area contributed by atoms with Crippen molar-refractivity contribution in [2.75, 3.05) is 18.5 Å². The number of fused-ring (bicyclic) bond motifs is 1. The third-order valence-corrected chi connectivity index (χ3v) is 6.15. The molecule has 2 aromatic rings. The van der Waals surface area contributed by atoms with E-state index in [0.29, 0.717) is 30.2 Å². The van der Waals surface area contributed by atoms with E-state index in [0.717, 1.165) is 0 Å². The SMILES string of the molecule is Cc1cc(F)ccc1N1C[C@]23C=C[C@H](O2)[C@@H](C(=O)N(C)Cc2ncc[nH]2)[C@@H]3C1=O. The molecule has 1 spiro atoms. The van der Waals surface area contributed by atoms with E-state index in [1.165, 1.54) is 12.1 Å². The van der Waals surface area contributed by atoms with Gasteiger partial charge in [-0.15, -0.1) is 0 Å². The van der Waals surface area contributed by atoms with Crippen molar-refractivity contribution in [1.29, 1.82) is 0 Å². The summed E-state index contributed by atoms with van der Waals surface area (Å²) in [6.45, 7) is 2.42. The second-order valence-electron chi connectivity index (χ2n) is 7.99. The van der Waals surface area contributed by atoms with Crippen molar-refractivity contribution in [3.05, 3.63) is 59.9 Å². The quantitative estimate of drug-likeness (QED) is 0.800. The Balaban J connectivity index is 1.44. The Morgan fingerprint density at radius 3 is 3.03 bits per heavy atom. The molecule has 29 heavy (non-hydrogen) atoms. The van der Waals surface area contributed by atoms with Crippen molar-refractivity contribution < 1.29 is 18.7 Å². The van der Waals surface area contributed by atoms with Crippen LogP contribution in [0, 0.1) is 24.6 Å². The third kappa shape index (κ3) is 2.62. The lowest BCUT2D eigenvalue weighted by molar-refractivity contribution is -0.139. The van der Waals surface area contributed by atoms with Crippen molar-refractivity contribution >= 4 is 17.5 Å². The number of aromatic amines is 1. The molecule has 150 valence electrons. The van der Waals surface area contributed by atoms with E-state index in [4.69, 9.17) is 4.74 Å². The average Bonchev–Trinajstić information content (AvgIpc) is 3.44. The van der Waals surface area contributed by atoms with Gasteiger partial charge in [0.2, 0.25) is 11.8 Å². The van der Waals surface area contributed by atoms with Gasteiger partial charge < -0.3 is 19.5 Å². The maximum Gasteiger partial charge on any atom is 0.234 e. The maximum absolute atomic E-state index is 13.5. The first-order chi connectivity index (χ1) is 13.9. The number of aryl methyl sites for hydroxylation is 1. The predicted molar refractivity (Wildman–Crippen MR) is 102 cm³/mol. The number of halogens is 1. The van der Waals surface area contributed by atoms with Crippen molar-refractivity contribution in [3.8, 4) is 0 Å². The van der Waals surface area contributed by atoms with Crippen molar-refractivity contribution in [2.45, 2.75) is 25.2 Å². The smallest absolute Gasteiger partial charge is 0.234 e. The molecule has 1 aromatic heterocycles. The van der Waals surface area contributed by atoms with Gasteiger partial charge in [-0.1, -0.05) is 12.2 Å². The van der Waals surface area contributed by atoms with E-state index in [1.807, 2.05) is 12.2 Å². The number of H-pyrrole nitrogens is 1. The Morgan fingerprint density at radius 2 is 2.31 bits per heavy atom. The lowest BCUT2D eigenvalue weighted by Crippen LogP contribution is -2.44. The zero-order valence-corrected chi connectivity index (χ0v) is 16.1. The Morgan fingerprint density at radius 1 is 1.48 bits per heavy atom. The predicted octanol–water partition coefficient (Wildman–Crippen LogP) is 1.80. The van der Waals surface area contributed by atoms with Crippen molar-refractivity contribution in [2.24, 2.45) is 11.8 Å². The summed E-state index contributed by atoms with van der Waals surface area (Å²) < 4.78 is 19.7. The topological polar surface area (TPSA) is 78.5 Å². The van der Waals surface area contributed by atoms with Crippen LogP contribution in [0.25, 0.3) is 0 Å². The monoisotopic (exact) mass is 396 g/mol. The summed E-state index contributed by atoms with van der Waals surface area (Å²) in [6, 6.07) is 4.36. The molecule has 2 amide bonds. The minimum absolute atomic E-state index is 0.145. The first-order valence-electron chi connectivity index (χ1n) is 9.57. The van der Waals surface area contributed by atoms with Crippen LogP contribution in [0.4, 0.5) is 10.1 Å². The number of hydrogen-bond acceptors (Lipinski definition) is 4. The van der Waals surface area contributed by atoms with Crippen LogP contribution in [0.15, 0.2) is 42.7 Å². The second kappa shape index (κ2) is 6.25. The van der Waals surface area contributed by atoms with Crippen LogP contribution in [0.3, 0.4) is 0 Å². The van der Waals surface area contributed by atoms with E-state index in [9.17, 15) is 14.0 Å². The fourth-order valence-corrected chi connectivity index (χ4v) is 4.85. The number of nitrogens with zero attached hydrogens (tertiary/aromatic N) is 3. The standard InChI is InChI=1S/C21H21FN4O3/c1-12-9-13(22)3-4-14(12)26-11-21-6-5-15(29-21)17(18(21)20(26)28)19(27)25(2)10-16-23-7-8-24-16/h3-9,15,17-18H,10-11H2,1-2H3,(H,23,24)/t15-,17+,18+,21-/m0/s1. The normalized spacial score (nSPS) is 29.6. The summed E-state index contributed by atoms with van der Waals surface area (Å²) in [7, 11) is 1.70. The summed E-state index contributed by atoms with van der Waals surface area (Å²) in [6.07, 6.45) is 6.72. The Labute approximate surface area is 167 Å². The number of carbonyl (C=O) groups excluding carboxylic acids is 2. The molecule has 5 rings (SSSR count). The van der Waals surface area contributed by atoms with E-state index in [-0.39, 0.29) is 17.6 Å². The molecule has 2 saturated heterocycles. The first kappa shape index (κ1) is 18.1. The van der Waals surface area contributed by atoms with E-state index >= 15 is 0 Å². The molecule has 3 aliphatic heterocycles. The summed E-state index contributed by atoms with van der Waals surface area (Å²) >= 11 is 0. The fourth-order valence-electron chi connectivity index (χ4n) is 4.85. The minimum Gasteiger partial charge on any atom is -0.360 e. The lowest BCUT2D eigenvalue weighted by atomic mass is 9.76. The Bertz CT molecular complexity index is 1020. The number of anilines is 1. The molecule has 7 nitrogen and oxygen atoms in total. The number of carbonyl (C=O) groups is 2. The van der Waals surface area contributed by atoms with Crippen LogP contribution in [-0.4, -0.2) is 52.0 Å². The highest BCUT2D eigenvalue weighted by Gasteiger charge is 2.67. The third-order valence-electron chi connectivity index (χ3n) is 6.15. The molecule has 0 saturated carbocycles. The van der Waals surface area contributed by atoms with Crippen molar-refractivity contribution in [3.63, 3.8) is 0 Å². The Hall–Kier alpha value is -3.00. The first-order valence-corrected chi connectivity index (χ1v) is 9.57. The van der Waals surface area contributed by atoms with Crippen LogP contribution >= 0.6 is 0 Å². The molecule has 0 radical (unpaired) electrons. The summed E-state index contributed by atoms with van der Waals surface area (Å²) in [5, 5.41) is 0. The number of amides is 2. The summed E-state index contributed by atoms with van der Waals surface area (Å²) in [4.78, 5) is 37.0. The molecular formula is C21H21FN4O3. The maximum atomic E-state index is 13.5. The molecule has 3 aliphatic rings. The number of benzene rings is 1. The zero-order chi connectivity index (χ0) is 20.3. The zero-order valence-electron chi connectivity index (χ0n) is 16.1. The molecule has 2 bridgehead atoms. The number of hydrogen-bond donors (Lipinski definition) is 1. The largest absolute Gasteiger partial charge is 0.360 e. The highest BCUT2D eigenvalue weighted by atomic mass is 19.1. The van der Waals surface area contributed by atoms with Gasteiger partial charge in [-0.05, 0) is 30.7 Å². The van der Waals surface area contributed by atoms with E-state index in [2.05, 4.69) is 9.97 Å². The van der Waals surface area contributed by atoms with Gasteiger partial charge in [0.15, 0.2) is 0 Å². The minimum atomic E-state index is -0.811. The van der Waals surface area contributed by atoms with Crippen LogP contribution in [-0.2, 0) is 20.9 Å². The molecule has 2 fully saturated rings. The number of imidazole rings is 1. The molecule has 1 aromatic carbocycles. The second-order valence-corrected chi connectivity index (χ2v) is 7.99. The lowest BCUT2D eigenvalue weighted by Gasteiger charge is -2.27. The highest BCUT2D eigenvalue weighted by Crippen LogP contribution is 2.53. The number of aromatic nitrogens is 2. The molecule has 0 unspecified atom stereocenters. The molecule has 0 aliphatic carbocycles. The highest BCUT2D eigenvalue weighted by molar-refractivity contribution is 6.03. The van der Waals surface area contributed by atoms with Gasteiger partial charge in [0.25, 0.3) is 0 Å². The van der Waals surface area contributed by atoms with Gasteiger partial charge >= 0.3 is 0 Å². The van der Waals surface area contributed by atoms with Gasteiger partial charge in [-0.25, -0.2) is 9.37 Å². The fraction of sp³-hybridized carbons (Fsp3) is 0.381. The Kier molecular flexibility index (Phi) is 3.89. The van der Waals surface area contributed by atoms with Gasteiger partial charge in [-0.2, -0.15) is 0 Å². The molecular weight excluding hydrogens is 375 g/mol. The number of rotatable bonds is 4. The summed E-state index contributed by atoms with van der Waals surface area (Å²) in [5.41, 5.74) is 0.510. The summed E-state index contributed by atoms with van der Waals surface area (Å²) in [5.74, 6) is -1.14. The van der Waals surface area contributed by atoms with Gasteiger partial charge in [0.1, 0.15) is 17.2 Å². The number of nitrogens with one attached hydrogen (secondary N) is 1. The number of ether oxygens (including phenoxy) is 1. The van der Waals surface area contributed by atoms with Crippen LogP contribution in [0.1, 0.15) is 11.4 Å².